The van der Waals surface area contributed by atoms with E-state index in [4.69, 9.17) is 4.74 Å². The van der Waals surface area contributed by atoms with E-state index < -0.39 is 6.09 Å². The Hall–Kier alpha value is -2.11. The number of hydrogen-bond acceptors (Lipinski definition) is 4. The fourth-order valence-corrected chi connectivity index (χ4v) is 1.91. The van der Waals surface area contributed by atoms with Crippen molar-refractivity contribution in [2.75, 3.05) is 13.2 Å². The Kier molecular flexibility index (Phi) is 7.21. The molecular weight excluding hydrogens is 270 g/mol. The first kappa shape index (κ1) is 16.9. The third-order valence-corrected chi connectivity index (χ3v) is 2.76. The van der Waals surface area contributed by atoms with Crippen molar-refractivity contribution in [1.29, 1.82) is 0 Å². The van der Waals surface area contributed by atoms with Crippen molar-refractivity contribution in [2.24, 2.45) is 5.92 Å². The average molecular weight is 293 g/mol. The summed E-state index contributed by atoms with van der Waals surface area (Å²) < 4.78 is 4.87. The lowest BCUT2D eigenvalue weighted by Crippen LogP contribution is -2.44. The van der Waals surface area contributed by atoms with Gasteiger partial charge in [-0.25, -0.2) is 4.79 Å². The van der Waals surface area contributed by atoms with Gasteiger partial charge >= 0.3 is 6.09 Å². The van der Waals surface area contributed by atoms with Gasteiger partial charge in [0.2, 0.25) is 0 Å². The monoisotopic (exact) mass is 293 g/mol. The van der Waals surface area contributed by atoms with Gasteiger partial charge in [-0.05, 0) is 31.4 Å². The minimum Gasteiger partial charge on any atom is -0.450 e. The molecule has 0 radical (unpaired) electrons. The maximum Gasteiger partial charge on any atom is 0.407 e. The number of hydrogen-bond donors (Lipinski definition) is 2. The zero-order valence-electron chi connectivity index (χ0n) is 12.8. The van der Waals surface area contributed by atoms with E-state index >= 15 is 0 Å². The normalized spacial score (nSPS) is 11.8. The van der Waals surface area contributed by atoms with Gasteiger partial charge in [-0.1, -0.05) is 19.9 Å². The van der Waals surface area contributed by atoms with Crippen LogP contribution in [0.25, 0.3) is 0 Å². The van der Waals surface area contributed by atoms with Crippen LogP contribution < -0.4 is 10.6 Å². The molecule has 116 valence electrons. The molecule has 6 heteroatoms. The molecule has 0 aromatic carbocycles. The molecule has 2 N–H and O–H groups in total. The first-order valence-corrected chi connectivity index (χ1v) is 7.15. The lowest BCUT2D eigenvalue weighted by molar-refractivity contribution is 0.0939. The molecule has 0 bridgehead atoms. The lowest BCUT2D eigenvalue weighted by Gasteiger charge is -2.20. The highest BCUT2D eigenvalue weighted by Gasteiger charge is 2.16. The second-order valence-electron chi connectivity index (χ2n) is 5.12. The largest absolute Gasteiger partial charge is 0.450 e. The molecule has 0 saturated heterocycles. The SMILES string of the molecule is CCOC(=O)N[C@@H](CNC(=O)c1ccccn1)CC(C)C. The summed E-state index contributed by atoms with van der Waals surface area (Å²) in [6.07, 6.45) is 1.86. The fraction of sp³-hybridized carbons (Fsp3) is 0.533. The zero-order valence-corrected chi connectivity index (χ0v) is 12.8. The lowest BCUT2D eigenvalue weighted by atomic mass is 10.0. The Morgan fingerprint density at radius 3 is 2.67 bits per heavy atom. The van der Waals surface area contributed by atoms with Crippen LogP contribution in [-0.2, 0) is 4.74 Å². The minimum atomic E-state index is -0.463. The van der Waals surface area contributed by atoms with Crippen molar-refractivity contribution >= 4 is 12.0 Å². The highest BCUT2D eigenvalue weighted by atomic mass is 16.5. The van der Waals surface area contributed by atoms with Gasteiger partial charge in [0.05, 0.1) is 6.61 Å². The number of rotatable bonds is 7. The first-order chi connectivity index (χ1) is 10.0. The van der Waals surface area contributed by atoms with Crippen LogP contribution in [-0.4, -0.2) is 36.2 Å². The summed E-state index contributed by atoms with van der Waals surface area (Å²) in [5.74, 6) is 0.138. The van der Waals surface area contributed by atoms with Crippen LogP contribution in [0.15, 0.2) is 24.4 Å². The molecule has 1 rings (SSSR count). The summed E-state index contributed by atoms with van der Waals surface area (Å²) in [7, 11) is 0. The predicted octanol–water partition coefficient (Wildman–Crippen LogP) is 1.97. The summed E-state index contributed by atoms with van der Waals surface area (Å²) in [4.78, 5) is 27.4. The summed E-state index contributed by atoms with van der Waals surface area (Å²) in [6.45, 7) is 6.52. The van der Waals surface area contributed by atoms with Crippen LogP contribution in [0.1, 0.15) is 37.7 Å². The summed E-state index contributed by atoms with van der Waals surface area (Å²) in [5, 5.41) is 5.54. The molecule has 1 aromatic rings. The minimum absolute atomic E-state index is 0.170. The highest BCUT2D eigenvalue weighted by Crippen LogP contribution is 2.05. The third-order valence-electron chi connectivity index (χ3n) is 2.76. The van der Waals surface area contributed by atoms with E-state index in [9.17, 15) is 9.59 Å². The molecule has 0 aliphatic carbocycles. The van der Waals surface area contributed by atoms with E-state index in [1.54, 1.807) is 31.3 Å². The summed E-state index contributed by atoms with van der Waals surface area (Å²) in [5.41, 5.74) is 0.358. The quantitative estimate of drug-likeness (QED) is 0.805. The van der Waals surface area contributed by atoms with Gasteiger partial charge in [0.25, 0.3) is 5.91 Å². The maximum atomic E-state index is 11.9. The molecule has 21 heavy (non-hydrogen) atoms. The Bertz CT molecular complexity index is 449. The average Bonchev–Trinajstić information content (AvgIpc) is 2.45. The Morgan fingerprint density at radius 2 is 2.10 bits per heavy atom. The second kappa shape index (κ2) is 8.94. The van der Waals surface area contributed by atoms with Crippen molar-refractivity contribution < 1.29 is 14.3 Å². The molecule has 0 fully saturated rings. The van der Waals surface area contributed by atoms with Crippen molar-refractivity contribution in [1.82, 2.24) is 15.6 Å². The van der Waals surface area contributed by atoms with E-state index in [0.29, 0.717) is 24.8 Å². The van der Waals surface area contributed by atoms with Gasteiger partial charge < -0.3 is 15.4 Å². The fourth-order valence-electron chi connectivity index (χ4n) is 1.91. The van der Waals surface area contributed by atoms with E-state index in [1.165, 1.54) is 0 Å². The molecule has 0 unspecified atom stereocenters. The van der Waals surface area contributed by atoms with Crippen LogP contribution >= 0.6 is 0 Å². The number of alkyl carbamates (subject to hydrolysis) is 1. The molecule has 6 nitrogen and oxygen atoms in total. The molecule has 0 aliphatic rings. The predicted molar refractivity (Wildman–Crippen MR) is 80.0 cm³/mol. The van der Waals surface area contributed by atoms with Gasteiger partial charge in [-0.3, -0.25) is 9.78 Å². The molecule has 2 amide bonds. The number of ether oxygens (including phenoxy) is 1. The zero-order chi connectivity index (χ0) is 15.7. The molecule has 0 aliphatic heterocycles. The van der Waals surface area contributed by atoms with Gasteiger partial charge in [-0.15, -0.1) is 0 Å². The van der Waals surface area contributed by atoms with Crippen molar-refractivity contribution in [3.63, 3.8) is 0 Å². The van der Waals surface area contributed by atoms with Crippen LogP contribution in [0.5, 0.6) is 0 Å². The molecule has 1 atom stereocenters. The summed E-state index contributed by atoms with van der Waals surface area (Å²) >= 11 is 0. The van der Waals surface area contributed by atoms with E-state index in [-0.39, 0.29) is 11.9 Å². The second-order valence-corrected chi connectivity index (χ2v) is 5.12. The number of aromatic nitrogens is 1. The number of nitrogens with one attached hydrogen (secondary N) is 2. The van der Waals surface area contributed by atoms with E-state index in [1.807, 2.05) is 0 Å². The van der Waals surface area contributed by atoms with Gasteiger partial charge in [-0.2, -0.15) is 0 Å². The summed E-state index contributed by atoms with van der Waals surface area (Å²) in [6, 6.07) is 4.98. The molecule has 0 saturated carbocycles. The number of carbonyl (C=O) groups is 2. The Morgan fingerprint density at radius 1 is 1.33 bits per heavy atom. The number of carbonyl (C=O) groups excluding carboxylic acids is 2. The van der Waals surface area contributed by atoms with Gasteiger partial charge in [0.15, 0.2) is 0 Å². The molecule has 1 aromatic heterocycles. The third kappa shape index (κ3) is 6.74. The van der Waals surface area contributed by atoms with Crippen molar-refractivity contribution in [3.05, 3.63) is 30.1 Å². The van der Waals surface area contributed by atoms with Gasteiger partial charge in [0, 0.05) is 18.8 Å². The Labute approximate surface area is 125 Å². The van der Waals surface area contributed by atoms with Crippen LogP contribution in [0, 0.1) is 5.92 Å². The standard InChI is InChI=1S/C15H23N3O3/c1-4-21-15(20)18-12(9-11(2)3)10-17-14(19)13-7-5-6-8-16-13/h5-8,11-12H,4,9-10H2,1-3H3,(H,17,19)(H,18,20)/t12-/m1/s1. The number of amides is 2. The van der Waals surface area contributed by atoms with Crippen LogP contribution in [0.2, 0.25) is 0 Å². The van der Waals surface area contributed by atoms with E-state index in [2.05, 4.69) is 29.5 Å². The van der Waals surface area contributed by atoms with Gasteiger partial charge in [0.1, 0.15) is 5.69 Å². The van der Waals surface area contributed by atoms with Crippen molar-refractivity contribution in [3.8, 4) is 0 Å². The Balaban J connectivity index is 2.52. The number of pyridine rings is 1. The van der Waals surface area contributed by atoms with E-state index in [0.717, 1.165) is 6.42 Å². The van der Waals surface area contributed by atoms with Crippen LogP contribution in [0.3, 0.4) is 0 Å². The molecule has 0 spiro atoms. The highest BCUT2D eigenvalue weighted by molar-refractivity contribution is 5.92. The van der Waals surface area contributed by atoms with Crippen LogP contribution in [0.4, 0.5) is 4.79 Å². The smallest absolute Gasteiger partial charge is 0.407 e. The molecule has 1 heterocycles. The number of nitrogens with zero attached hydrogens (tertiary/aromatic N) is 1. The topological polar surface area (TPSA) is 80.3 Å². The first-order valence-electron chi connectivity index (χ1n) is 7.15. The van der Waals surface area contributed by atoms with Crippen molar-refractivity contribution in [2.45, 2.75) is 33.2 Å². The molecular formula is C15H23N3O3. The maximum absolute atomic E-state index is 11.9.